The Hall–Kier alpha value is -1.90. The van der Waals surface area contributed by atoms with Crippen molar-refractivity contribution < 1.29 is 24.5 Å². The van der Waals surface area contributed by atoms with Crippen LogP contribution in [0.25, 0.3) is 0 Å². The third-order valence-electron chi connectivity index (χ3n) is 4.26. The number of thiophene rings is 1. The van der Waals surface area contributed by atoms with E-state index in [0.717, 1.165) is 0 Å². The van der Waals surface area contributed by atoms with Crippen molar-refractivity contribution in [2.24, 2.45) is 0 Å². The Labute approximate surface area is 175 Å². The van der Waals surface area contributed by atoms with Crippen molar-refractivity contribution in [1.29, 1.82) is 0 Å². The number of aliphatic hydroxyl groups excluding tert-OH is 2. The largest absolute Gasteiger partial charge is 0.503 e. The van der Waals surface area contributed by atoms with Crippen molar-refractivity contribution in [3.05, 3.63) is 67.5 Å². The normalized spacial score (nSPS) is 16.9. The fourth-order valence-electron chi connectivity index (χ4n) is 3.03. The molecule has 1 amide bonds. The number of amides is 1. The van der Waals surface area contributed by atoms with Crippen molar-refractivity contribution in [3.63, 3.8) is 0 Å². The molecule has 0 radical (unpaired) electrons. The Morgan fingerprint density at radius 2 is 2.04 bits per heavy atom. The summed E-state index contributed by atoms with van der Waals surface area (Å²) in [7, 11) is 0. The van der Waals surface area contributed by atoms with Crippen LogP contribution >= 0.6 is 34.5 Å². The number of hydrogen-bond acceptors (Lipinski definition) is 6. The van der Waals surface area contributed by atoms with E-state index in [2.05, 4.69) is 0 Å². The van der Waals surface area contributed by atoms with Crippen LogP contribution in [0.2, 0.25) is 10.0 Å². The molecule has 6 nitrogen and oxygen atoms in total. The smallest absolute Gasteiger partial charge is 0.290 e. The van der Waals surface area contributed by atoms with Crippen LogP contribution in [0.1, 0.15) is 21.3 Å². The number of halogens is 2. The van der Waals surface area contributed by atoms with E-state index in [1.165, 1.54) is 22.3 Å². The molecule has 1 aromatic heterocycles. The van der Waals surface area contributed by atoms with Crippen LogP contribution in [-0.4, -0.2) is 53.2 Å². The molecule has 28 heavy (non-hydrogen) atoms. The molecule has 2 aromatic rings. The van der Waals surface area contributed by atoms with Crippen LogP contribution < -0.4 is 0 Å². The number of benzene rings is 1. The quantitative estimate of drug-likeness (QED) is 0.482. The highest BCUT2D eigenvalue weighted by molar-refractivity contribution is 7.12. The Kier molecular flexibility index (Phi) is 6.74. The summed E-state index contributed by atoms with van der Waals surface area (Å²) in [6.45, 7) is 0.205. The van der Waals surface area contributed by atoms with Gasteiger partial charge in [0.05, 0.1) is 36.3 Å². The Bertz CT molecular complexity index is 913. The fraction of sp³-hybridized carbons (Fsp3) is 0.263. The van der Waals surface area contributed by atoms with Gasteiger partial charge >= 0.3 is 0 Å². The number of carbonyl (C=O) groups is 2. The van der Waals surface area contributed by atoms with E-state index >= 15 is 0 Å². The van der Waals surface area contributed by atoms with Crippen LogP contribution in [0.5, 0.6) is 0 Å². The monoisotopic (exact) mass is 441 g/mol. The van der Waals surface area contributed by atoms with Gasteiger partial charge in [-0.1, -0.05) is 35.3 Å². The first kappa shape index (κ1) is 20.8. The second-order valence-electron chi connectivity index (χ2n) is 5.97. The van der Waals surface area contributed by atoms with Crippen molar-refractivity contribution in [2.75, 3.05) is 26.4 Å². The number of rotatable bonds is 8. The molecule has 0 bridgehead atoms. The van der Waals surface area contributed by atoms with Crippen molar-refractivity contribution in [2.45, 2.75) is 6.04 Å². The second kappa shape index (κ2) is 9.07. The van der Waals surface area contributed by atoms with Crippen LogP contribution in [0, 0.1) is 0 Å². The molecule has 0 saturated carbocycles. The maximum absolute atomic E-state index is 13.0. The molecule has 9 heteroatoms. The Balaban J connectivity index is 2.02. The molecule has 3 rings (SSSR count). The highest BCUT2D eigenvalue weighted by atomic mass is 35.5. The van der Waals surface area contributed by atoms with E-state index in [-0.39, 0.29) is 37.0 Å². The lowest BCUT2D eigenvalue weighted by Crippen LogP contribution is -2.34. The molecule has 2 N–H and O–H groups in total. The standard InChI is InChI=1S/C19H17Cl2NO5S/c20-11-3-4-12(13(21)10-11)16-15(17(24)14-2-1-9-28-14)18(25)19(26)22(16)5-7-27-8-6-23/h1-4,9-10,16,23,25H,5-8H2. The van der Waals surface area contributed by atoms with Crippen molar-refractivity contribution >= 4 is 46.2 Å². The number of ether oxygens (including phenoxy) is 1. The van der Waals surface area contributed by atoms with Crippen LogP contribution in [0.3, 0.4) is 0 Å². The number of aliphatic hydroxyl groups is 2. The van der Waals surface area contributed by atoms with Crippen molar-refractivity contribution in [1.82, 2.24) is 4.90 Å². The molecule has 1 atom stereocenters. The molecule has 1 aliphatic rings. The van der Waals surface area contributed by atoms with E-state index in [4.69, 9.17) is 33.0 Å². The summed E-state index contributed by atoms with van der Waals surface area (Å²) in [4.78, 5) is 27.5. The predicted octanol–water partition coefficient (Wildman–Crippen LogP) is 3.64. The lowest BCUT2D eigenvalue weighted by Gasteiger charge is -2.27. The average molecular weight is 442 g/mol. The number of ketones is 1. The summed E-state index contributed by atoms with van der Waals surface area (Å²) < 4.78 is 5.25. The number of carbonyl (C=O) groups excluding carboxylic acids is 2. The van der Waals surface area contributed by atoms with Gasteiger partial charge < -0.3 is 19.8 Å². The maximum Gasteiger partial charge on any atom is 0.290 e. The van der Waals surface area contributed by atoms with Gasteiger partial charge in [0, 0.05) is 16.6 Å². The lowest BCUT2D eigenvalue weighted by molar-refractivity contribution is -0.130. The molecule has 2 heterocycles. The minimum absolute atomic E-state index is 0.0289. The van der Waals surface area contributed by atoms with Gasteiger partial charge in [0.25, 0.3) is 5.91 Å². The zero-order valence-corrected chi connectivity index (χ0v) is 16.9. The molecule has 1 unspecified atom stereocenters. The van der Waals surface area contributed by atoms with Crippen LogP contribution in [-0.2, 0) is 9.53 Å². The van der Waals surface area contributed by atoms with E-state index in [1.54, 1.807) is 29.6 Å². The third kappa shape index (κ3) is 4.09. The first-order valence-corrected chi connectivity index (χ1v) is 10.0. The van der Waals surface area contributed by atoms with E-state index in [1.807, 2.05) is 0 Å². The highest BCUT2D eigenvalue weighted by Gasteiger charge is 2.44. The number of Topliss-reactive ketones (excluding diaryl/α,β-unsaturated/α-hetero) is 1. The van der Waals surface area contributed by atoms with Crippen molar-refractivity contribution in [3.8, 4) is 0 Å². The molecule has 1 aliphatic heterocycles. The van der Waals surface area contributed by atoms with E-state index in [9.17, 15) is 14.7 Å². The summed E-state index contributed by atoms with van der Waals surface area (Å²) in [5.74, 6) is -1.71. The zero-order valence-electron chi connectivity index (χ0n) is 14.6. The summed E-state index contributed by atoms with van der Waals surface area (Å²) in [6, 6.07) is 7.24. The Morgan fingerprint density at radius 3 is 2.68 bits per heavy atom. The summed E-state index contributed by atoms with van der Waals surface area (Å²) >= 11 is 13.5. The van der Waals surface area contributed by atoms with Gasteiger partial charge in [-0.25, -0.2) is 0 Å². The van der Waals surface area contributed by atoms with Gasteiger partial charge in [-0.2, -0.15) is 0 Å². The van der Waals surface area contributed by atoms with E-state index in [0.29, 0.717) is 15.5 Å². The molecule has 0 fully saturated rings. The zero-order chi connectivity index (χ0) is 20.3. The molecule has 0 aliphatic carbocycles. The maximum atomic E-state index is 13.0. The molecular weight excluding hydrogens is 425 g/mol. The summed E-state index contributed by atoms with van der Waals surface area (Å²) in [6.07, 6.45) is 0. The number of hydrogen-bond donors (Lipinski definition) is 2. The average Bonchev–Trinajstić information content (AvgIpc) is 3.28. The summed E-state index contributed by atoms with van der Waals surface area (Å²) in [5, 5.41) is 21.8. The first-order valence-electron chi connectivity index (χ1n) is 8.41. The first-order chi connectivity index (χ1) is 13.5. The summed E-state index contributed by atoms with van der Waals surface area (Å²) in [5.41, 5.74) is 0.448. The van der Waals surface area contributed by atoms with Crippen LogP contribution in [0.4, 0.5) is 0 Å². The molecule has 1 aromatic carbocycles. The topological polar surface area (TPSA) is 87.1 Å². The molecule has 0 saturated heterocycles. The second-order valence-corrected chi connectivity index (χ2v) is 7.76. The number of nitrogens with zero attached hydrogens (tertiary/aromatic N) is 1. The third-order valence-corrected chi connectivity index (χ3v) is 5.69. The predicted molar refractivity (Wildman–Crippen MR) is 107 cm³/mol. The van der Waals surface area contributed by atoms with Gasteiger partial charge in [0.2, 0.25) is 5.78 Å². The highest BCUT2D eigenvalue weighted by Crippen LogP contribution is 2.42. The van der Waals surface area contributed by atoms with Crippen LogP contribution in [0.15, 0.2) is 47.0 Å². The van der Waals surface area contributed by atoms with Gasteiger partial charge in [-0.05, 0) is 29.1 Å². The van der Waals surface area contributed by atoms with Gasteiger partial charge in [-0.3, -0.25) is 9.59 Å². The molecule has 148 valence electrons. The molecular formula is C19H17Cl2NO5S. The minimum Gasteiger partial charge on any atom is -0.503 e. The van der Waals surface area contributed by atoms with Gasteiger partial charge in [0.1, 0.15) is 0 Å². The lowest BCUT2D eigenvalue weighted by atomic mass is 9.95. The van der Waals surface area contributed by atoms with E-state index < -0.39 is 23.5 Å². The minimum atomic E-state index is -0.871. The molecule has 0 spiro atoms. The van der Waals surface area contributed by atoms with Gasteiger partial charge in [-0.15, -0.1) is 11.3 Å². The fourth-order valence-corrected chi connectivity index (χ4v) is 4.22. The Morgan fingerprint density at radius 1 is 1.25 bits per heavy atom. The SMILES string of the molecule is O=C(C1=C(O)C(=O)N(CCOCCO)C1c1ccc(Cl)cc1Cl)c1cccs1. The van der Waals surface area contributed by atoms with Gasteiger partial charge in [0.15, 0.2) is 5.76 Å².